The highest BCUT2D eigenvalue weighted by atomic mass is 32.2. The van der Waals surface area contributed by atoms with Gasteiger partial charge < -0.3 is 0 Å². The molecule has 0 atom stereocenters. The summed E-state index contributed by atoms with van der Waals surface area (Å²) in [5, 5.41) is -0.176. The van der Waals surface area contributed by atoms with E-state index in [4.69, 9.17) is 0 Å². The molecule has 2 heterocycles. The normalized spacial score (nSPS) is 18.8. The first-order valence-electron chi connectivity index (χ1n) is 5.32. The zero-order valence-corrected chi connectivity index (χ0v) is 11.5. The van der Waals surface area contributed by atoms with Gasteiger partial charge in [0.05, 0.1) is 4.91 Å². The molecule has 0 radical (unpaired) electrons. The van der Waals surface area contributed by atoms with Crippen LogP contribution in [0.3, 0.4) is 0 Å². The van der Waals surface area contributed by atoms with Crippen molar-refractivity contribution in [1.29, 1.82) is 0 Å². The molecule has 1 aliphatic rings. The Hall–Kier alpha value is -1.07. The highest BCUT2D eigenvalue weighted by molar-refractivity contribution is 8.18. The van der Waals surface area contributed by atoms with Crippen LogP contribution in [0.15, 0.2) is 17.0 Å². The van der Waals surface area contributed by atoms with Crippen LogP contribution in [0.4, 0.5) is 4.79 Å². The molecule has 1 saturated heterocycles. The van der Waals surface area contributed by atoms with E-state index in [0.29, 0.717) is 4.91 Å². The van der Waals surface area contributed by atoms with Crippen molar-refractivity contribution in [2.24, 2.45) is 0 Å². The number of imide groups is 1. The van der Waals surface area contributed by atoms with Crippen LogP contribution >= 0.6 is 23.1 Å². The van der Waals surface area contributed by atoms with Gasteiger partial charge in [-0.3, -0.25) is 14.5 Å². The minimum absolute atomic E-state index is 0.0847. The summed E-state index contributed by atoms with van der Waals surface area (Å²) in [6, 6.07) is 3.88. The number of thiophene rings is 1. The van der Waals surface area contributed by atoms with Gasteiger partial charge in [0.1, 0.15) is 0 Å². The molecule has 0 unspecified atom stereocenters. The van der Waals surface area contributed by atoms with Crippen molar-refractivity contribution < 1.29 is 9.59 Å². The molecule has 0 spiro atoms. The minimum Gasteiger partial charge on any atom is -0.268 e. The Kier molecular flexibility index (Phi) is 3.40. The third-order valence-corrected chi connectivity index (χ3v) is 4.21. The number of amides is 2. The summed E-state index contributed by atoms with van der Waals surface area (Å²) in [7, 11) is 0. The van der Waals surface area contributed by atoms with Crippen LogP contribution in [0.5, 0.6) is 0 Å². The van der Waals surface area contributed by atoms with E-state index in [9.17, 15) is 9.59 Å². The molecule has 1 aromatic heterocycles. The second kappa shape index (κ2) is 4.66. The Morgan fingerprint density at radius 1 is 1.29 bits per heavy atom. The van der Waals surface area contributed by atoms with E-state index in [1.807, 2.05) is 32.9 Å². The second-order valence-electron chi connectivity index (χ2n) is 4.09. The van der Waals surface area contributed by atoms with Crippen LogP contribution in [0.1, 0.15) is 23.6 Å². The van der Waals surface area contributed by atoms with Gasteiger partial charge in [-0.2, -0.15) is 0 Å². The van der Waals surface area contributed by atoms with E-state index < -0.39 is 0 Å². The van der Waals surface area contributed by atoms with Crippen molar-refractivity contribution in [2.45, 2.75) is 26.8 Å². The number of carbonyl (C=O) groups excluding carboxylic acids is 2. The molecule has 0 bridgehead atoms. The van der Waals surface area contributed by atoms with E-state index in [0.717, 1.165) is 16.6 Å². The van der Waals surface area contributed by atoms with Gasteiger partial charge in [-0.15, -0.1) is 11.3 Å². The fraction of sp³-hybridized carbons (Fsp3) is 0.333. The van der Waals surface area contributed by atoms with Crippen LogP contribution in [0.25, 0.3) is 6.08 Å². The Balaban J connectivity index is 2.28. The summed E-state index contributed by atoms with van der Waals surface area (Å²) in [4.78, 5) is 27.7. The smallest absolute Gasteiger partial charge is 0.268 e. The van der Waals surface area contributed by atoms with Crippen molar-refractivity contribution in [1.82, 2.24) is 4.90 Å². The zero-order valence-electron chi connectivity index (χ0n) is 9.89. The minimum atomic E-state index is -0.180. The average molecular weight is 267 g/mol. The van der Waals surface area contributed by atoms with E-state index in [1.165, 1.54) is 9.78 Å². The summed E-state index contributed by atoms with van der Waals surface area (Å²) in [5.41, 5.74) is 0. The SMILES string of the molecule is Cc1ccc(/C=C2\SC(=O)N(C(C)C)C2=O)s1. The molecular formula is C12H13NO2S2. The van der Waals surface area contributed by atoms with Crippen molar-refractivity contribution in [3.05, 3.63) is 26.8 Å². The Morgan fingerprint density at radius 3 is 2.47 bits per heavy atom. The van der Waals surface area contributed by atoms with Crippen molar-refractivity contribution in [3.63, 3.8) is 0 Å². The summed E-state index contributed by atoms with van der Waals surface area (Å²) in [6.45, 7) is 5.70. The Labute approximate surface area is 109 Å². The molecule has 0 aliphatic carbocycles. The number of thioether (sulfide) groups is 1. The molecule has 1 aliphatic heterocycles. The third kappa shape index (κ3) is 2.45. The predicted molar refractivity (Wildman–Crippen MR) is 72.0 cm³/mol. The van der Waals surface area contributed by atoms with Gasteiger partial charge in [-0.25, -0.2) is 0 Å². The molecule has 2 rings (SSSR count). The number of hydrogen-bond donors (Lipinski definition) is 0. The lowest BCUT2D eigenvalue weighted by Crippen LogP contribution is -2.34. The van der Waals surface area contributed by atoms with Gasteiger partial charge in [-0.1, -0.05) is 0 Å². The van der Waals surface area contributed by atoms with Gasteiger partial charge in [0, 0.05) is 15.8 Å². The summed E-state index contributed by atoms with van der Waals surface area (Å²) in [6.07, 6.45) is 1.80. The van der Waals surface area contributed by atoms with Crippen LogP contribution < -0.4 is 0 Å². The maximum atomic E-state index is 12.0. The molecule has 0 saturated carbocycles. The zero-order chi connectivity index (χ0) is 12.6. The summed E-state index contributed by atoms with van der Waals surface area (Å²) < 4.78 is 0. The molecule has 2 amide bonds. The van der Waals surface area contributed by atoms with Crippen LogP contribution in [-0.2, 0) is 4.79 Å². The average Bonchev–Trinajstić information content (AvgIpc) is 2.73. The lowest BCUT2D eigenvalue weighted by molar-refractivity contribution is -0.123. The van der Waals surface area contributed by atoms with E-state index in [1.54, 1.807) is 17.4 Å². The monoisotopic (exact) mass is 267 g/mol. The third-order valence-electron chi connectivity index (χ3n) is 2.37. The predicted octanol–water partition coefficient (Wildman–Crippen LogP) is 3.50. The topological polar surface area (TPSA) is 37.4 Å². The number of hydrogen-bond acceptors (Lipinski definition) is 4. The van der Waals surface area contributed by atoms with Crippen LogP contribution in [-0.4, -0.2) is 22.1 Å². The first-order valence-corrected chi connectivity index (χ1v) is 6.96. The van der Waals surface area contributed by atoms with Gasteiger partial charge >= 0.3 is 0 Å². The maximum Gasteiger partial charge on any atom is 0.293 e. The van der Waals surface area contributed by atoms with Crippen LogP contribution in [0.2, 0.25) is 0 Å². The standard InChI is InChI=1S/C12H13NO2S2/c1-7(2)13-11(14)10(17-12(13)15)6-9-5-4-8(3)16-9/h4-7H,1-3H3/b10-6-. The number of aryl methyl sites for hydroxylation is 1. The number of nitrogens with zero attached hydrogens (tertiary/aromatic N) is 1. The van der Waals surface area contributed by atoms with Crippen molar-refractivity contribution in [3.8, 4) is 0 Å². The molecule has 3 nitrogen and oxygen atoms in total. The van der Waals surface area contributed by atoms with Gasteiger partial charge in [0.2, 0.25) is 0 Å². The largest absolute Gasteiger partial charge is 0.293 e. The Morgan fingerprint density at radius 2 is 2.00 bits per heavy atom. The number of carbonyl (C=O) groups is 2. The fourth-order valence-corrected chi connectivity index (χ4v) is 3.43. The quantitative estimate of drug-likeness (QED) is 0.770. The summed E-state index contributed by atoms with van der Waals surface area (Å²) in [5.74, 6) is -0.180. The lowest BCUT2D eigenvalue weighted by atomic mass is 10.3. The molecule has 0 aromatic carbocycles. The Bertz CT molecular complexity index is 502. The molecule has 90 valence electrons. The summed E-state index contributed by atoms with van der Waals surface area (Å²) >= 11 is 2.64. The van der Waals surface area contributed by atoms with E-state index >= 15 is 0 Å². The second-order valence-corrected chi connectivity index (χ2v) is 6.41. The van der Waals surface area contributed by atoms with Gasteiger partial charge in [-0.05, 0) is 50.7 Å². The van der Waals surface area contributed by atoms with Crippen LogP contribution in [0, 0.1) is 6.92 Å². The van der Waals surface area contributed by atoms with Gasteiger partial charge in [0.25, 0.3) is 11.1 Å². The highest BCUT2D eigenvalue weighted by Gasteiger charge is 2.36. The maximum absolute atomic E-state index is 12.0. The highest BCUT2D eigenvalue weighted by Crippen LogP contribution is 2.34. The van der Waals surface area contributed by atoms with E-state index in [-0.39, 0.29) is 17.2 Å². The molecule has 17 heavy (non-hydrogen) atoms. The first kappa shape index (κ1) is 12.4. The molecule has 1 aromatic rings. The first-order chi connectivity index (χ1) is 7.99. The molecule has 1 fully saturated rings. The van der Waals surface area contributed by atoms with E-state index in [2.05, 4.69) is 0 Å². The van der Waals surface area contributed by atoms with Crippen molar-refractivity contribution in [2.75, 3.05) is 0 Å². The molecular weight excluding hydrogens is 254 g/mol. The molecule has 0 N–H and O–H groups in total. The molecule has 5 heteroatoms. The van der Waals surface area contributed by atoms with Crippen molar-refractivity contribution >= 4 is 40.3 Å². The fourth-order valence-electron chi connectivity index (χ4n) is 1.59. The van der Waals surface area contributed by atoms with Gasteiger partial charge in [0.15, 0.2) is 0 Å². The number of rotatable bonds is 2. The lowest BCUT2D eigenvalue weighted by Gasteiger charge is -2.16.